The third-order valence-corrected chi connectivity index (χ3v) is 6.39. The molecule has 0 N–H and O–H groups in total. The molecule has 0 spiro atoms. The zero-order valence-corrected chi connectivity index (χ0v) is 22.2. The van der Waals surface area contributed by atoms with Crippen LogP contribution in [0.25, 0.3) is 0 Å². The summed E-state index contributed by atoms with van der Waals surface area (Å²) < 4.78 is 0. The fourth-order valence-corrected chi connectivity index (χ4v) is 4.41. The number of carboxylic acids is 5. The van der Waals surface area contributed by atoms with Crippen molar-refractivity contribution in [2.24, 2.45) is 0 Å². The van der Waals surface area contributed by atoms with E-state index in [0.29, 0.717) is 11.1 Å². The molecule has 0 saturated carbocycles. The molecule has 0 amide bonds. The van der Waals surface area contributed by atoms with E-state index >= 15 is 0 Å². The molecule has 0 aliphatic heterocycles. The lowest BCUT2D eigenvalue weighted by Gasteiger charge is -2.37. The van der Waals surface area contributed by atoms with Gasteiger partial charge in [0.15, 0.2) is 0 Å². The minimum atomic E-state index is -1.56. The molecule has 0 fully saturated rings. The smallest absolute Gasteiger partial charge is 0.0590 e. The summed E-state index contributed by atoms with van der Waals surface area (Å²) in [6.07, 6.45) is -0.188. The Morgan fingerprint density at radius 1 is 0.512 bits per heavy atom. The standard InChI is InChI=1S/C28H35N3O10/c32-24(33)17-29(11-13-30(18-25(34)35)22(27(38)39)15-20-7-3-1-4-8-20)12-14-31(19-26(36)37)23(28(40)41)16-21-9-5-2-6-10-21/h1-10,22-23H,11-19H2,(H,32,33)(H,34,35)(H,36,37)(H,38,39)(H,40,41)/p-5. The van der Waals surface area contributed by atoms with E-state index in [1.54, 1.807) is 60.7 Å². The van der Waals surface area contributed by atoms with Crippen molar-refractivity contribution in [1.29, 1.82) is 0 Å². The van der Waals surface area contributed by atoms with Gasteiger partial charge in [-0.25, -0.2) is 0 Å². The van der Waals surface area contributed by atoms with Gasteiger partial charge in [0.25, 0.3) is 0 Å². The number of hydrogen-bond acceptors (Lipinski definition) is 13. The van der Waals surface area contributed by atoms with Gasteiger partial charge in [-0.2, -0.15) is 0 Å². The fraction of sp³-hybridized carbons (Fsp3) is 0.393. The van der Waals surface area contributed by atoms with Crippen molar-refractivity contribution in [2.75, 3.05) is 45.8 Å². The zero-order chi connectivity index (χ0) is 30.4. The van der Waals surface area contributed by atoms with Gasteiger partial charge in [0, 0.05) is 45.8 Å². The summed E-state index contributed by atoms with van der Waals surface area (Å²) in [6, 6.07) is 14.0. The topological polar surface area (TPSA) is 210 Å². The molecule has 2 rings (SSSR count). The van der Waals surface area contributed by atoms with Gasteiger partial charge in [-0.05, 0) is 24.0 Å². The van der Waals surface area contributed by atoms with Gasteiger partial charge in [-0.1, -0.05) is 60.7 Å². The summed E-state index contributed by atoms with van der Waals surface area (Å²) in [4.78, 5) is 61.5. The van der Waals surface area contributed by atoms with Crippen LogP contribution in [-0.4, -0.2) is 102 Å². The monoisotopic (exact) mass is 568 g/mol. The van der Waals surface area contributed by atoms with Gasteiger partial charge in [0.2, 0.25) is 0 Å². The molecule has 0 radical (unpaired) electrons. The molecule has 0 heterocycles. The van der Waals surface area contributed by atoms with Crippen LogP contribution in [0.1, 0.15) is 11.1 Å². The lowest BCUT2D eigenvalue weighted by Crippen LogP contribution is -2.56. The quantitative estimate of drug-likeness (QED) is 0.146. The fourth-order valence-electron chi connectivity index (χ4n) is 4.41. The van der Waals surface area contributed by atoms with E-state index in [-0.39, 0.29) is 39.0 Å². The molecule has 0 aliphatic carbocycles. The molecule has 2 atom stereocenters. The van der Waals surface area contributed by atoms with Crippen LogP contribution in [-0.2, 0) is 36.8 Å². The second-order valence-electron chi connectivity index (χ2n) is 9.38. The summed E-state index contributed by atoms with van der Waals surface area (Å²) in [5, 5.41) is 58.1. The van der Waals surface area contributed by atoms with Crippen molar-refractivity contribution in [2.45, 2.75) is 24.9 Å². The minimum Gasteiger partial charge on any atom is -0.549 e. The van der Waals surface area contributed by atoms with E-state index in [1.807, 2.05) is 0 Å². The highest BCUT2D eigenvalue weighted by Gasteiger charge is 2.24. The van der Waals surface area contributed by atoms with E-state index in [4.69, 9.17) is 0 Å². The summed E-state index contributed by atoms with van der Waals surface area (Å²) in [7, 11) is 0. The molecule has 0 aromatic heterocycles. The summed E-state index contributed by atoms with van der Waals surface area (Å²) >= 11 is 0. The van der Waals surface area contributed by atoms with E-state index in [1.165, 1.54) is 4.90 Å². The Bertz CT molecular complexity index is 1080. The van der Waals surface area contributed by atoms with E-state index in [0.717, 1.165) is 9.80 Å². The van der Waals surface area contributed by atoms with Gasteiger partial charge in [0.1, 0.15) is 0 Å². The van der Waals surface area contributed by atoms with Crippen molar-refractivity contribution >= 4 is 29.8 Å². The van der Waals surface area contributed by atoms with E-state index in [9.17, 15) is 49.5 Å². The Balaban J connectivity index is 2.20. The SMILES string of the molecule is O=C([O-])CN(CCN(CC(=O)[O-])C(Cc1ccccc1)C(=O)[O-])CCN(CC(=O)[O-])C(Cc1ccccc1)C(=O)[O-]. The number of carboxylic acid groups (broad SMARTS) is 5. The van der Waals surface area contributed by atoms with Crippen molar-refractivity contribution < 1.29 is 49.5 Å². The normalized spacial score (nSPS) is 12.8. The van der Waals surface area contributed by atoms with Crippen molar-refractivity contribution in [3.8, 4) is 0 Å². The number of rotatable bonds is 20. The van der Waals surface area contributed by atoms with Crippen LogP contribution in [0.5, 0.6) is 0 Å². The summed E-state index contributed by atoms with van der Waals surface area (Å²) in [6.45, 7) is -3.12. The maximum atomic E-state index is 11.9. The number of benzene rings is 2. The number of carbonyl (C=O) groups excluding carboxylic acids is 5. The van der Waals surface area contributed by atoms with Crippen LogP contribution >= 0.6 is 0 Å². The first-order chi connectivity index (χ1) is 19.5. The summed E-state index contributed by atoms with van der Waals surface area (Å²) in [5.41, 5.74) is 1.20. The Morgan fingerprint density at radius 3 is 1.15 bits per heavy atom. The van der Waals surface area contributed by atoms with E-state index in [2.05, 4.69) is 0 Å². The van der Waals surface area contributed by atoms with E-state index < -0.39 is 61.6 Å². The summed E-state index contributed by atoms with van der Waals surface area (Å²) in [5.74, 6) is -7.72. The predicted octanol–water partition coefficient (Wildman–Crippen LogP) is -6.14. The van der Waals surface area contributed by atoms with Gasteiger partial charge in [0.05, 0.1) is 41.9 Å². The molecule has 2 aromatic rings. The molecule has 41 heavy (non-hydrogen) atoms. The lowest BCUT2D eigenvalue weighted by molar-refractivity contribution is -0.317. The molecule has 0 bridgehead atoms. The second-order valence-corrected chi connectivity index (χ2v) is 9.38. The first-order valence-corrected chi connectivity index (χ1v) is 12.8. The Hall–Kier alpha value is -4.33. The average molecular weight is 569 g/mol. The highest BCUT2D eigenvalue weighted by molar-refractivity contribution is 5.74. The highest BCUT2D eigenvalue weighted by atomic mass is 16.4. The third-order valence-electron chi connectivity index (χ3n) is 6.39. The first-order valence-electron chi connectivity index (χ1n) is 12.8. The van der Waals surface area contributed by atoms with Gasteiger partial charge in [-0.3, -0.25) is 14.7 Å². The van der Waals surface area contributed by atoms with Crippen molar-refractivity contribution in [1.82, 2.24) is 14.7 Å². The largest absolute Gasteiger partial charge is 0.549 e. The maximum absolute atomic E-state index is 11.9. The average Bonchev–Trinajstić information content (AvgIpc) is 2.90. The van der Waals surface area contributed by atoms with Crippen LogP contribution in [0, 0.1) is 0 Å². The first kappa shape index (κ1) is 32.9. The molecule has 2 aromatic carbocycles. The molecular formula is C28H30N3O10-5. The van der Waals surface area contributed by atoms with Crippen LogP contribution in [0.15, 0.2) is 60.7 Å². The molecule has 222 valence electrons. The maximum Gasteiger partial charge on any atom is 0.0590 e. The second kappa shape index (κ2) is 16.7. The Labute approximate surface area is 236 Å². The van der Waals surface area contributed by atoms with Crippen molar-refractivity contribution in [3.63, 3.8) is 0 Å². The molecule has 13 heteroatoms. The zero-order valence-electron chi connectivity index (χ0n) is 22.2. The lowest BCUT2D eigenvalue weighted by atomic mass is 10.0. The number of carbonyl (C=O) groups is 5. The predicted molar refractivity (Wildman–Crippen MR) is 132 cm³/mol. The van der Waals surface area contributed by atoms with Crippen LogP contribution in [0.2, 0.25) is 0 Å². The molecule has 0 saturated heterocycles. The molecule has 13 nitrogen and oxygen atoms in total. The Morgan fingerprint density at radius 2 is 0.854 bits per heavy atom. The van der Waals surface area contributed by atoms with Crippen LogP contribution in [0.4, 0.5) is 0 Å². The number of aliphatic carboxylic acids is 5. The molecule has 0 aliphatic rings. The number of nitrogens with zero attached hydrogens (tertiary/aromatic N) is 3. The van der Waals surface area contributed by atoms with Gasteiger partial charge in [-0.15, -0.1) is 0 Å². The Kier molecular flexibility index (Phi) is 13.4. The molecular weight excluding hydrogens is 538 g/mol. The van der Waals surface area contributed by atoms with Gasteiger partial charge < -0.3 is 49.5 Å². The third kappa shape index (κ3) is 12.2. The minimum absolute atomic E-state index is 0.0941. The number of hydrogen-bond donors (Lipinski definition) is 0. The van der Waals surface area contributed by atoms with Crippen molar-refractivity contribution in [3.05, 3.63) is 71.8 Å². The molecule has 2 unspecified atom stereocenters. The van der Waals surface area contributed by atoms with Gasteiger partial charge >= 0.3 is 0 Å². The van der Waals surface area contributed by atoms with Crippen LogP contribution < -0.4 is 25.5 Å². The van der Waals surface area contributed by atoms with Crippen LogP contribution in [0.3, 0.4) is 0 Å². The highest BCUT2D eigenvalue weighted by Crippen LogP contribution is 2.11.